The highest BCUT2D eigenvalue weighted by Crippen LogP contribution is 2.40. The lowest BCUT2D eigenvalue weighted by Crippen LogP contribution is -2.41. The Bertz CT molecular complexity index is 228. The van der Waals surface area contributed by atoms with E-state index in [1.165, 1.54) is 0 Å². The fraction of sp³-hybridized carbons (Fsp3) is 0.750. The van der Waals surface area contributed by atoms with Gasteiger partial charge in [0.05, 0.1) is 0 Å². The number of hydrogen-bond donors (Lipinski definition) is 1. The Morgan fingerprint density at radius 1 is 1.38 bits per heavy atom. The molecule has 1 fully saturated rings. The van der Waals surface area contributed by atoms with Gasteiger partial charge in [-0.3, -0.25) is 9.59 Å². The highest BCUT2D eigenvalue weighted by atomic mass is 19.3. The Kier molecular flexibility index (Phi) is 2.63. The van der Waals surface area contributed by atoms with Crippen LogP contribution in [0.15, 0.2) is 0 Å². The monoisotopic (exact) mass is 192 g/mol. The predicted octanol–water partition coefficient (Wildman–Crippen LogP) is 1.47. The number of carbonyl (C=O) groups excluding carboxylic acids is 1. The van der Waals surface area contributed by atoms with Crippen molar-refractivity contribution < 1.29 is 23.5 Å². The summed E-state index contributed by atoms with van der Waals surface area (Å²) >= 11 is 0. The fourth-order valence-electron chi connectivity index (χ4n) is 1.50. The molecular formula is C8H10F2O3. The van der Waals surface area contributed by atoms with Crippen LogP contribution in [0, 0.1) is 5.41 Å². The zero-order valence-electron chi connectivity index (χ0n) is 6.93. The van der Waals surface area contributed by atoms with Crippen molar-refractivity contribution in [3.05, 3.63) is 0 Å². The van der Waals surface area contributed by atoms with Crippen LogP contribution in [-0.4, -0.2) is 23.3 Å². The molecule has 0 atom stereocenters. The van der Waals surface area contributed by atoms with E-state index >= 15 is 0 Å². The number of alkyl halides is 2. The van der Waals surface area contributed by atoms with Crippen molar-refractivity contribution in [1.82, 2.24) is 0 Å². The molecule has 1 aliphatic rings. The first kappa shape index (κ1) is 10.1. The zero-order chi connectivity index (χ0) is 10.1. The van der Waals surface area contributed by atoms with Gasteiger partial charge in [0.15, 0.2) is 0 Å². The second-order valence-corrected chi connectivity index (χ2v) is 3.30. The maximum absolute atomic E-state index is 12.5. The molecule has 3 nitrogen and oxygen atoms in total. The second kappa shape index (κ2) is 3.40. The van der Waals surface area contributed by atoms with Crippen molar-refractivity contribution in [1.29, 1.82) is 0 Å². The third-order valence-electron chi connectivity index (χ3n) is 2.54. The molecule has 1 N–H and O–H groups in total. The van der Waals surface area contributed by atoms with E-state index < -0.39 is 17.8 Å². The van der Waals surface area contributed by atoms with Crippen LogP contribution in [0.25, 0.3) is 0 Å². The number of rotatable bonds is 2. The van der Waals surface area contributed by atoms with E-state index in [1.54, 1.807) is 0 Å². The molecule has 0 aromatic carbocycles. The number of aliphatic carboxylic acids is 1. The molecule has 13 heavy (non-hydrogen) atoms. The van der Waals surface area contributed by atoms with Crippen LogP contribution in [0.3, 0.4) is 0 Å². The maximum Gasteiger partial charge on any atom is 0.315 e. The van der Waals surface area contributed by atoms with Gasteiger partial charge in [0.25, 0.3) is 6.43 Å². The molecule has 1 aliphatic carbocycles. The molecule has 0 amide bonds. The zero-order valence-corrected chi connectivity index (χ0v) is 6.93. The summed E-state index contributed by atoms with van der Waals surface area (Å²) < 4.78 is 24.9. The Morgan fingerprint density at radius 3 is 2.15 bits per heavy atom. The van der Waals surface area contributed by atoms with Crippen LogP contribution in [0.4, 0.5) is 8.78 Å². The van der Waals surface area contributed by atoms with Gasteiger partial charge >= 0.3 is 5.97 Å². The summed E-state index contributed by atoms with van der Waals surface area (Å²) in [6.07, 6.45) is -3.46. The number of Topliss-reactive ketones (excluding diaryl/α,β-unsaturated/α-hetero) is 1. The van der Waals surface area contributed by atoms with Crippen LogP contribution in [-0.2, 0) is 9.59 Å². The van der Waals surface area contributed by atoms with Crippen molar-refractivity contribution in [2.24, 2.45) is 5.41 Å². The minimum Gasteiger partial charge on any atom is -0.481 e. The molecule has 0 spiro atoms. The van der Waals surface area contributed by atoms with E-state index in [-0.39, 0.29) is 31.5 Å². The van der Waals surface area contributed by atoms with Gasteiger partial charge in [-0.25, -0.2) is 8.78 Å². The van der Waals surface area contributed by atoms with Crippen LogP contribution in [0.2, 0.25) is 0 Å². The van der Waals surface area contributed by atoms with Crippen molar-refractivity contribution in [3.8, 4) is 0 Å². The molecule has 0 radical (unpaired) electrons. The van der Waals surface area contributed by atoms with Crippen molar-refractivity contribution in [3.63, 3.8) is 0 Å². The van der Waals surface area contributed by atoms with E-state index in [4.69, 9.17) is 5.11 Å². The lowest BCUT2D eigenvalue weighted by molar-refractivity contribution is -0.163. The number of hydrogen-bond acceptors (Lipinski definition) is 2. The van der Waals surface area contributed by atoms with Crippen LogP contribution < -0.4 is 0 Å². The molecule has 0 aliphatic heterocycles. The van der Waals surface area contributed by atoms with Gasteiger partial charge < -0.3 is 5.11 Å². The number of carbonyl (C=O) groups is 2. The first-order chi connectivity index (χ1) is 5.99. The first-order valence-electron chi connectivity index (χ1n) is 4.02. The lowest BCUT2D eigenvalue weighted by atomic mass is 9.74. The maximum atomic E-state index is 12.5. The van der Waals surface area contributed by atoms with Crippen molar-refractivity contribution >= 4 is 11.8 Å². The summed E-state index contributed by atoms with van der Waals surface area (Å²) in [6, 6.07) is 0. The van der Waals surface area contributed by atoms with E-state index in [9.17, 15) is 18.4 Å². The summed E-state index contributed by atoms with van der Waals surface area (Å²) in [6.45, 7) is 0. The average Bonchev–Trinajstić information content (AvgIpc) is 2.04. The number of carboxylic acids is 1. The summed E-state index contributed by atoms with van der Waals surface area (Å²) in [5.74, 6) is -1.62. The molecular weight excluding hydrogens is 182 g/mol. The van der Waals surface area contributed by atoms with Gasteiger partial charge in [0, 0.05) is 12.8 Å². The summed E-state index contributed by atoms with van der Waals surface area (Å²) in [5, 5.41) is 8.65. The molecule has 0 aromatic rings. The minimum atomic E-state index is -2.89. The van der Waals surface area contributed by atoms with Crippen molar-refractivity contribution in [2.45, 2.75) is 32.1 Å². The third-order valence-corrected chi connectivity index (χ3v) is 2.54. The summed E-state index contributed by atoms with van der Waals surface area (Å²) in [4.78, 5) is 21.4. The first-order valence-corrected chi connectivity index (χ1v) is 4.02. The highest BCUT2D eigenvalue weighted by molar-refractivity contribution is 5.84. The quantitative estimate of drug-likeness (QED) is 0.720. The summed E-state index contributed by atoms with van der Waals surface area (Å²) in [7, 11) is 0. The van der Waals surface area contributed by atoms with Gasteiger partial charge in [-0.05, 0) is 12.8 Å². The molecule has 5 heteroatoms. The van der Waals surface area contributed by atoms with Gasteiger partial charge in [-0.15, -0.1) is 0 Å². The SMILES string of the molecule is O=C1CCC(C(=O)O)(C(F)F)CC1. The van der Waals surface area contributed by atoms with E-state index in [1.807, 2.05) is 0 Å². The second-order valence-electron chi connectivity index (χ2n) is 3.30. The number of ketones is 1. The smallest absolute Gasteiger partial charge is 0.315 e. The normalized spacial score (nSPS) is 21.9. The Balaban J connectivity index is 2.81. The van der Waals surface area contributed by atoms with Crippen LogP contribution >= 0.6 is 0 Å². The standard InChI is InChI=1S/C8H10F2O3/c9-6(10)8(7(12)13)3-1-5(11)2-4-8/h6H,1-4H2,(H,12,13). The molecule has 74 valence electrons. The fourth-order valence-corrected chi connectivity index (χ4v) is 1.50. The minimum absolute atomic E-state index is 0.0450. The van der Waals surface area contributed by atoms with Gasteiger partial charge in [0.1, 0.15) is 11.2 Å². The largest absolute Gasteiger partial charge is 0.481 e. The van der Waals surface area contributed by atoms with E-state index in [0.717, 1.165) is 0 Å². The Hall–Kier alpha value is -1.00. The van der Waals surface area contributed by atoms with E-state index in [0.29, 0.717) is 0 Å². The topological polar surface area (TPSA) is 54.4 Å². The number of halogens is 2. The Labute approximate surface area is 73.7 Å². The Morgan fingerprint density at radius 2 is 1.85 bits per heavy atom. The number of carboxylic acid groups (broad SMARTS) is 1. The van der Waals surface area contributed by atoms with Crippen LogP contribution in [0.1, 0.15) is 25.7 Å². The molecule has 1 saturated carbocycles. The van der Waals surface area contributed by atoms with Gasteiger partial charge in [0.2, 0.25) is 0 Å². The molecule has 0 aromatic heterocycles. The molecule has 0 heterocycles. The van der Waals surface area contributed by atoms with Crippen molar-refractivity contribution in [2.75, 3.05) is 0 Å². The molecule has 0 bridgehead atoms. The molecule has 0 unspecified atom stereocenters. The van der Waals surface area contributed by atoms with Gasteiger partial charge in [-0.2, -0.15) is 0 Å². The van der Waals surface area contributed by atoms with E-state index in [2.05, 4.69) is 0 Å². The predicted molar refractivity (Wildman–Crippen MR) is 39.5 cm³/mol. The van der Waals surface area contributed by atoms with Gasteiger partial charge in [-0.1, -0.05) is 0 Å². The highest BCUT2D eigenvalue weighted by Gasteiger charge is 2.49. The lowest BCUT2D eigenvalue weighted by Gasteiger charge is -2.31. The van der Waals surface area contributed by atoms with Crippen LogP contribution in [0.5, 0.6) is 0 Å². The molecule has 1 rings (SSSR count). The molecule has 0 saturated heterocycles. The third kappa shape index (κ3) is 1.68. The summed E-state index contributed by atoms with van der Waals surface area (Å²) in [5.41, 5.74) is -1.98. The average molecular weight is 192 g/mol.